The van der Waals surface area contributed by atoms with Crippen LogP contribution in [0.2, 0.25) is 0 Å². The summed E-state index contributed by atoms with van der Waals surface area (Å²) in [5.41, 5.74) is 0. The van der Waals surface area contributed by atoms with E-state index in [9.17, 15) is 18.0 Å². The molecular formula is C12H22F3N3OS. The maximum Gasteiger partial charge on any atom is 0.401 e. The van der Waals surface area contributed by atoms with Gasteiger partial charge in [-0.2, -0.15) is 24.9 Å². The molecule has 1 fully saturated rings. The van der Waals surface area contributed by atoms with Crippen LogP contribution in [0.5, 0.6) is 0 Å². The number of amides is 1. The highest BCUT2D eigenvalue weighted by atomic mass is 32.2. The Balaban J connectivity index is 2.04. The van der Waals surface area contributed by atoms with Gasteiger partial charge in [-0.3, -0.25) is 9.69 Å². The third kappa shape index (κ3) is 8.65. The second-order valence-electron chi connectivity index (χ2n) is 4.99. The fourth-order valence-corrected chi connectivity index (χ4v) is 2.96. The summed E-state index contributed by atoms with van der Waals surface area (Å²) in [7, 11) is 1.43. The number of hydrogen-bond acceptors (Lipinski definition) is 4. The van der Waals surface area contributed by atoms with Crippen LogP contribution in [0.1, 0.15) is 12.8 Å². The molecule has 1 saturated heterocycles. The fourth-order valence-electron chi connectivity index (χ4n) is 2.01. The van der Waals surface area contributed by atoms with Crippen molar-refractivity contribution >= 4 is 17.7 Å². The third-order valence-electron chi connectivity index (χ3n) is 2.92. The lowest BCUT2D eigenvalue weighted by Crippen LogP contribution is -2.41. The normalized spacial score (nSPS) is 20.1. The van der Waals surface area contributed by atoms with Crippen LogP contribution in [0, 0.1) is 0 Å². The largest absolute Gasteiger partial charge is 0.401 e. The van der Waals surface area contributed by atoms with Gasteiger partial charge >= 0.3 is 6.18 Å². The van der Waals surface area contributed by atoms with Crippen molar-refractivity contribution in [2.75, 3.05) is 44.7 Å². The van der Waals surface area contributed by atoms with Crippen LogP contribution in [0.15, 0.2) is 0 Å². The highest BCUT2D eigenvalue weighted by Crippen LogP contribution is 2.15. The van der Waals surface area contributed by atoms with Crippen LogP contribution in [0.25, 0.3) is 0 Å². The van der Waals surface area contributed by atoms with E-state index in [1.807, 2.05) is 11.8 Å². The van der Waals surface area contributed by atoms with Crippen molar-refractivity contribution in [3.8, 4) is 0 Å². The van der Waals surface area contributed by atoms with Gasteiger partial charge in [-0.15, -0.1) is 0 Å². The molecule has 2 N–H and O–H groups in total. The topological polar surface area (TPSA) is 44.4 Å². The lowest BCUT2D eigenvalue weighted by molar-refractivity contribution is -0.143. The summed E-state index contributed by atoms with van der Waals surface area (Å²) in [4.78, 5) is 12.8. The van der Waals surface area contributed by atoms with Gasteiger partial charge in [0.05, 0.1) is 6.54 Å². The van der Waals surface area contributed by atoms with Crippen molar-refractivity contribution < 1.29 is 18.0 Å². The Hall–Kier alpha value is -0.470. The maximum atomic E-state index is 12.1. The Kier molecular flexibility index (Phi) is 7.68. The Bertz CT molecular complexity index is 296. The molecule has 1 amide bonds. The standard InChI is InChI=1S/C12H22F3N3OS/c1-18(9-12(13,14)15)5-2-3-17-11(19)7-10-8-20-6-4-16-10/h10,16H,2-9H2,1H3,(H,17,19). The van der Waals surface area contributed by atoms with Gasteiger partial charge in [0.25, 0.3) is 0 Å². The van der Waals surface area contributed by atoms with Crippen molar-refractivity contribution in [1.82, 2.24) is 15.5 Å². The molecule has 0 spiro atoms. The molecule has 1 atom stereocenters. The second kappa shape index (κ2) is 8.74. The van der Waals surface area contributed by atoms with E-state index in [4.69, 9.17) is 0 Å². The van der Waals surface area contributed by atoms with E-state index >= 15 is 0 Å². The molecule has 1 rings (SSSR count). The molecule has 4 nitrogen and oxygen atoms in total. The SMILES string of the molecule is CN(CCCNC(=O)CC1CSCCN1)CC(F)(F)F. The number of halogens is 3. The average molecular weight is 313 g/mol. The number of thioether (sulfide) groups is 1. The third-order valence-corrected chi connectivity index (χ3v) is 4.05. The summed E-state index contributed by atoms with van der Waals surface area (Å²) in [5.74, 6) is 1.97. The van der Waals surface area contributed by atoms with Crippen molar-refractivity contribution in [1.29, 1.82) is 0 Å². The van der Waals surface area contributed by atoms with Gasteiger partial charge in [-0.25, -0.2) is 0 Å². The number of rotatable bonds is 7. The number of nitrogens with zero attached hydrogens (tertiary/aromatic N) is 1. The number of nitrogens with one attached hydrogen (secondary N) is 2. The molecular weight excluding hydrogens is 291 g/mol. The molecule has 1 aliphatic rings. The number of alkyl halides is 3. The molecule has 1 aliphatic heterocycles. The van der Waals surface area contributed by atoms with Crippen LogP contribution < -0.4 is 10.6 Å². The van der Waals surface area contributed by atoms with E-state index in [2.05, 4.69) is 10.6 Å². The molecule has 0 aliphatic carbocycles. The zero-order valence-corrected chi connectivity index (χ0v) is 12.4. The van der Waals surface area contributed by atoms with E-state index < -0.39 is 12.7 Å². The molecule has 0 radical (unpaired) electrons. The first kappa shape index (κ1) is 17.6. The molecule has 118 valence electrons. The Morgan fingerprint density at radius 2 is 2.25 bits per heavy atom. The van der Waals surface area contributed by atoms with Crippen LogP contribution >= 0.6 is 11.8 Å². The van der Waals surface area contributed by atoms with E-state index in [-0.39, 0.29) is 11.9 Å². The lowest BCUT2D eigenvalue weighted by Gasteiger charge is -2.22. The minimum absolute atomic E-state index is 0.0384. The minimum atomic E-state index is -4.16. The van der Waals surface area contributed by atoms with E-state index in [1.165, 1.54) is 11.9 Å². The smallest absolute Gasteiger partial charge is 0.356 e. The Morgan fingerprint density at radius 3 is 2.85 bits per heavy atom. The summed E-state index contributed by atoms with van der Waals surface area (Å²) < 4.78 is 36.3. The summed E-state index contributed by atoms with van der Waals surface area (Å²) >= 11 is 1.83. The molecule has 0 aromatic rings. The number of carbonyl (C=O) groups is 1. The molecule has 1 heterocycles. The Morgan fingerprint density at radius 1 is 1.50 bits per heavy atom. The van der Waals surface area contributed by atoms with Gasteiger partial charge in [0.15, 0.2) is 0 Å². The lowest BCUT2D eigenvalue weighted by atomic mass is 10.2. The monoisotopic (exact) mass is 313 g/mol. The van der Waals surface area contributed by atoms with E-state index in [0.29, 0.717) is 25.9 Å². The summed E-state index contributed by atoms with van der Waals surface area (Å²) in [6.07, 6.45) is -3.21. The van der Waals surface area contributed by atoms with Crippen LogP contribution in [-0.4, -0.2) is 67.8 Å². The predicted molar refractivity (Wildman–Crippen MR) is 74.9 cm³/mol. The summed E-state index contributed by atoms with van der Waals surface area (Å²) in [6.45, 7) is 0.743. The average Bonchev–Trinajstić information content (AvgIpc) is 2.34. The van der Waals surface area contributed by atoms with Gasteiger partial charge in [0.2, 0.25) is 5.91 Å². The van der Waals surface area contributed by atoms with Gasteiger partial charge in [0.1, 0.15) is 0 Å². The molecule has 0 saturated carbocycles. The first-order valence-electron chi connectivity index (χ1n) is 6.70. The van der Waals surface area contributed by atoms with Gasteiger partial charge < -0.3 is 10.6 Å². The highest BCUT2D eigenvalue weighted by Gasteiger charge is 2.28. The van der Waals surface area contributed by atoms with Crippen molar-refractivity contribution in [3.63, 3.8) is 0 Å². The molecule has 20 heavy (non-hydrogen) atoms. The summed E-state index contributed by atoms with van der Waals surface area (Å²) in [5, 5.41) is 6.02. The van der Waals surface area contributed by atoms with Gasteiger partial charge in [-0.1, -0.05) is 0 Å². The van der Waals surface area contributed by atoms with Crippen molar-refractivity contribution in [3.05, 3.63) is 0 Å². The quantitative estimate of drug-likeness (QED) is 0.691. The van der Waals surface area contributed by atoms with Gasteiger partial charge in [0, 0.05) is 37.1 Å². The second-order valence-corrected chi connectivity index (χ2v) is 6.14. The van der Waals surface area contributed by atoms with Gasteiger partial charge in [-0.05, 0) is 20.0 Å². The number of hydrogen-bond donors (Lipinski definition) is 2. The predicted octanol–water partition coefficient (Wildman–Crippen LogP) is 1.08. The maximum absolute atomic E-state index is 12.1. The summed E-state index contributed by atoms with van der Waals surface area (Å²) in [6, 6.07) is 0.210. The molecule has 8 heteroatoms. The zero-order valence-electron chi connectivity index (χ0n) is 11.6. The fraction of sp³-hybridized carbons (Fsp3) is 0.917. The first-order valence-corrected chi connectivity index (χ1v) is 7.85. The van der Waals surface area contributed by atoms with Crippen molar-refractivity contribution in [2.24, 2.45) is 0 Å². The van der Waals surface area contributed by atoms with Crippen LogP contribution in [0.4, 0.5) is 13.2 Å². The molecule has 0 aromatic heterocycles. The van der Waals surface area contributed by atoms with Crippen LogP contribution in [-0.2, 0) is 4.79 Å². The van der Waals surface area contributed by atoms with Crippen molar-refractivity contribution in [2.45, 2.75) is 25.1 Å². The molecule has 1 unspecified atom stereocenters. The van der Waals surface area contributed by atoms with E-state index in [0.717, 1.165) is 18.1 Å². The molecule has 0 aromatic carbocycles. The first-order chi connectivity index (χ1) is 9.37. The number of carbonyl (C=O) groups excluding carboxylic acids is 1. The zero-order chi connectivity index (χ0) is 15.0. The minimum Gasteiger partial charge on any atom is -0.356 e. The van der Waals surface area contributed by atoms with Crippen LogP contribution in [0.3, 0.4) is 0 Å². The Labute approximate surface area is 121 Å². The molecule has 0 bridgehead atoms. The highest BCUT2D eigenvalue weighted by molar-refractivity contribution is 7.99. The van der Waals surface area contributed by atoms with E-state index in [1.54, 1.807) is 0 Å².